The molecule has 1 saturated heterocycles. The number of hydrogen-bond donors (Lipinski definition) is 1. The Labute approximate surface area is 125 Å². The number of rotatable bonds is 2. The summed E-state index contributed by atoms with van der Waals surface area (Å²) in [7, 11) is 0. The van der Waals surface area contributed by atoms with Gasteiger partial charge in [-0.25, -0.2) is 4.79 Å². The van der Waals surface area contributed by atoms with Crippen molar-refractivity contribution in [1.29, 1.82) is 0 Å². The van der Waals surface area contributed by atoms with Crippen LogP contribution in [-0.4, -0.2) is 57.9 Å². The molecule has 6 nitrogen and oxygen atoms in total. The largest absolute Gasteiger partial charge is 0.478 e. The summed E-state index contributed by atoms with van der Waals surface area (Å²) >= 11 is 0. The Morgan fingerprint density at radius 1 is 1.10 bits per heavy atom. The lowest BCUT2D eigenvalue weighted by molar-refractivity contribution is 0.0695. The molecule has 2 rings (SSSR count). The Balaban J connectivity index is 2.25. The zero-order valence-corrected chi connectivity index (χ0v) is 13.5. The van der Waals surface area contributed by atoms with Crippen molar-refractivity contribution in [2.24, 2.45) is 0 Å². The van der Waals surface area contributed by atoms with E-state index in [2.05, 4.69) is 35.9 Å². The van der Waals surface area contributed by atoms with Crippen molar-refractivity contribution in [1.82, 2.24) is 15.1 Å². The highest BCUT2D eigenvalue weighted by Gasteiger charge is 2.29. The second-order valence-electron chi connectivity index (χ2n) is 6.56. The number of aromatic carboxylic acids is 1. The van der Waals surface area contributed by atoms with Crippen LogP contribution in [0, 0.1) is 13.8 Å². The molecule has 1 aliphatic rings. The van der Waals surface area contributed by atoms with Gasteiger partial charge < -0.3 is 10.0 Å². The van der Waals surface area contributed by atoms with Gasteiger partial charge in [0.15, 0.2) is 5.82 Å². The summed E-state index contributed by atoms with van der Waals surface area (Å²) in [5.74, 6) is -0.432. The summed E-state index contributed by atoms with van der Waals surface area (Å²) in [5, 5.41) is 17.7. The third-order valence-corrected chi connectivity index (χ3v) is 4.18. The Bertz CT molecular complexity index is 543. The number of aryl methyl sites for hydroxylation is 1. The number of carbonyl (C=O) groups is 1. The fraction of sp³-hybridized carbons (Fsp3) is 0.667. The molecular weight excluding hydrogens is 268 g/mol. The second kappa shape index (κ2) is 5.60. The Morgan fingerprint density at radius 3 is 2.14 bits per heavy atom. The van der Waals surface area contributed by atoms with Gasteiger partial charge in [0.2, 0.25) is 0 Å². The molecule has 0 amide bonds. The summed E-state index contributed by atoms with van der Waals surface area (Å²) in [5.41, 5.74) is 1.79. The van der Waals surface area contributed by atoms with Crippen LogP contribution in [0.2, 0.25) is 0 Å². The highest BCUT2D eigenvalue weighted by Crippen LogP contribution is 2.25. The monoisotopic (exact) mass is 292 g/mol. The average Bonchev–Trinajstić information content (AvgIpc) is 2.40. The number of anilines is 1. The van der Waals surface area contributed by atoms with Gasteiger partial charge in [-0.1, -0.05) is 0 Å². The van der Waals surface area contributed by atoms with Gasteiger partial charge in [-0.15, -0.1) is 5.10 Å². The molecule has 0 spiro atoms. The minimum absolute atomic E-state index is 0.136. The summed E-state index contributed by atoms with van der Waals surface area (Å²) in [4.78, 5) is 16.0. The number of carboxylic acid groups (broad SMARTS) is 1. The van der Waals surface area contributed by atoms with Gasteiger partial charge in [-0.05, 0) is 40.2 Å². The van der Waals surface area contributed by atoms with Crippen molar-refractivity contribution in [3.05, 3.63) is 16.8 Å². The number of piperazine rings is 1. The van der Waals surface area contributed by atoms with E-state index in [-0.39, 0.29) is 11.1 Å². The molecule has 2 heterocycles. The minimum Gasteiger partial charge on any atom is -0.478 e. The van der Waals surface area contributed by atoms with Crippen LogP contribution in [0.15, 0.2) is 0 Å². The Hall–Kier alpha value is -1.69. The third kappa shape index (κ3) is 3.15. The van der Waals surface area contributed by atoms with Gasteiger partial charge >= 0.3 is 5.97 Å². The molecule has 1 N–H and O–H groups in total. The molecule has 0 bridgehead atoms. The highest BCUT2D eigenvalue weighted by atomic mass is 16.4. The highest BCUT2D eigenvalue weighted by molar-refractivity contribution is 5.95. The van der Waals surface area contributed by atoms with Gasteiger partial charge in [0.25, 0.3) is 0 Å². The maximum atomic E-state index is 11.6. The maximum Gasteiger partial charge on any atom is 0.339 e. The van der Waals surface area contributed by atoms with Crippen molar-refractivity contribution in [3.63, 3.8) is 0 Å². The quantitative estimate of drug-likeness (QED) is 0.895. The predicted molar refractivity (Wildman–Crippen MR) is 82.0 cm³/mol. The van der Waals surface area contributed by atoms with Crippen LogP contribution >= 0.6 is 0 Å². The van der Waals surface area contributed by atoms with Crippen LogP contribution in [0.1, 0.15) is 42.4 Å². The van der Waals surface area contributed by atoms with E-state index in [1.165, 1.54) is 0 Å². The molecule has 0 aromatic carbocycles. The Morgan fingerprint density at radius 2 is 1.67 bits per heavy atom. The first-order chi connectivity index (χ1) is 9.71. The normalized spacial score (nSPS) is 17.1. The molecule has 1 aliphatic heterocycles. The first-order valence-electron chi connectivity index (χ1n) is 7.29. The fourth-order valence-corrected chi connectivity index (χ4v) is 2.66. The van der Waals surface area contributed by atoms with E-state index in [4.69, 9.17) is 0 Å². The number of aromatic nitrogens is 2. The lowest BCUT2D eigenvalue weighted by Crippen LogP contribution is -2.54. The van der Waals surface area contributed by atoms with E-state index in [0.29, 0.717) is 17.1 Å². The molecule has 116 valence electrons. The lowest BCUT2D eigenvalue weighted by atomic mass is 10.0. The number of nitrogens with zero attached hydrogens (tertiary/aromatic N) is 4. The topological polar surface area (TPSA) is 69.6 Å². The van der Waals surface area contributed by atoms with Crippen LogP contribution in [0.4, 0.5) is 5.82 Å². The molecule has 1 aromatic heterocycles. The summed E-state index contributed by atoms with van der Waals surface area (Å²) in [6.07, 6.45) is 0. The van der Waals surface area contributed by atoms with Crippen LogP contribution in [0.25, 0.3) is 0 Å². The zero-order valence-electron chi connectivity index (χ0n) is 13.5. The molecule has 6 heteroatoms. The molecule has 0 unspecified atom stereocenters. The molecular formula is C15H24N4O2. The van der Waals surface area contributed by atoms with E-state index in [1.54, 1.807) is 13.8 Å². The zero-order chi connectivity index (χ0) is 15.8. The molecule has 0 atom stereocenters. The SMILES string of the molecule is Cc1nnc(N2CCN(C(C)(C)C)CC2)c(C(=O)O)c1C. The van der Waals surface area contributed by atoms with Crippen LogP contribution in [0.3, 0.4) is 0 Å². The van der Waals surface area contributed by atoms with E-state index in [1.807, 2.05) is 4.90 Å². The maximum absolute atomic E-state index is 11.6. The molecule has 0 saturated carbocycles. The Kier molecular flexibility index (Phi) is 4.18. The predicted octanol–water partition coefficient (Wildman–Crippen LogP) is 1.71. The van der Waals surface area contributed by atoms with E-state index in [0.717, 1.165) is 26.2 Å². The summed E-state index contributed by atoms with van der Waals surface area (Å²) in [6.45, 7) is 13.5. The number of hydrogen-bond acceptors (Lipinski definition) is 5. The second-order valence-corrected chi connectivity index (χ2v) is 6.56. The van der Waals surface area contributed by atoms with Gasteiger partial charge in [-0.3, -0.25) is 4.90 Å². The first kappa shape index (κ1) is 15.7. The van der Waals surface area contributed by atoms with Crippen LogP contribution in [-0.2, 0) is 0 Å². The molecule has 21 heavy (non-hydrogen) atoms. The van der Waals surface area contributed by atoms with Gasteiger partial charge in [-0.2, -0.15) is 5.10 Å². The van der Waals surface area contributed by atoms with Crippen molar-refractivity contribution in [2.75, 3.05) is 31.1 Å². The summed E-state index contributed by atoms with van der Waals surface area (Å²) in [6, 6.07) is 0. The van der Waals surface area contributed by atoms with Gasteiger partial charge in [0.1, 0.15) is 5.56 Å². The van der Waals surface area contributed by atoms with Crippen molar-refractivity contribution >= 4 is 11.8 Å². The van der Waals surface area contributed by atoms with Gasteiger partial charge in [0.05, 0.1) is 5.69 Å². The standard InChI is InChI=1S/C15H24N4O2/c1-10-11(2)16-17-13(12(10)14(20)21)18-6-8-19(9-7-18)15(3,4)5/h6-9H2,1-5H3,(H,20,21). The third-order valence-electron chi connectivity index (χ3n) is 4.18. The molecule has 0 aliphatic carbocycles. The first-order valence-corrected chi connectivity index (χ1v) is 7.29. The summed E-state index contributed by atoms with van der Waals surface area (Å²) < 4.78 is 0. The van der Waals surface area contributed by atoms with E-state index in [9.17, 15) is 9.90 Å². The van der Waals surface area contributed by atoms with Gasteiger partial charge in [0, 0.05) is 31.7 Å². The van der Waals surface area contributed by atoms with Crippen molar-refractivity contribution < 1.29 is 9.90 Å². The minimum atomic E-state index is -0.932. The lowest BCUT2D eigenvalue weighted by Gasteiger charge is -2.42. The molecule has 1 fully saturated rings. The molecule has 0 radical (unpaired) electrons. The smallest absolute Gasteiger partial charge is 0.339 e. The van der Waals surface area contributed by atoms with Crippen LogP contribution in [0.5, 0.6) is 0 Å². The molecule has 1 aromatic rings. The van der Waals surface area contributed by atoms with Crippen molar-refractivity contribution in [3.8, 4) is 0 Å². The number of carboxylic acids is 1. The van der Waals surface area contributed by atoms with Crippen LogP contribution < -0.4 is 4.90 Å². The average molecular weight is 292 g/mol. The van der Waals surface area contributed by atoms with E-state index >= 15 is 0 Å². The van der Waals surface area contributed by atoms with E-state index < -0.39 is 5.97 Å². The fourth-order valence-electron chi connectivity index (χ4n) is 2.66. The van der Waals surface area contributed by atoms with Crippen molar-refractivity contribution in [2.45, 2.75) is 40.2 Å².